The molecule has 0 atom stereocenters. The Hall–Kier alpha value is -2.73. The summed E-state index contributed by atoms with van der Waals surface area (Å²) in [7, 11) is 0. The number of halogens is 1. The molecule has 2 rings (SSSR count). The predicted molar refractivity (Wildman–Crippen MR) is 130 cm³/mol. The normalized spacial score (nSPS) is 17.1. The van der Waals surface area contributed by atoms with Gasteiger partial charge in [0.15, 0.2) is 0 Å². The predicted octanol–water partition coefficient (Wildman–Crippen LogP) is 4.80. The van der Waals surface area contributed by atoms with Gasteiger partial charge >= 0.3 is 0 Å². The van der Waals surface area contributed by atoms with E-state index in [4.69, 9.17) is 0 Å². The van der Waals surface area contributed by atoms with Gasteiger partial charge in [0.25, 0.3) is 5.91 Å². The smallest absolute Gasteiger partial charge is 0.254 e. The minimum absolute atomic E-state index is 0.262. The maximum absolute atomic E-state index is 14.7. The third-order valence-corrected chi connectivity index (χ3v) is 5.62. The van der Waals surface area contributed by atoms with Crippen molar-refractivity contribution >= 4 is 17.2 Å². The summed E-state index contributed by atoms with van der Waals surface area (Å²) in [6, 6.07) is 6.77. The number of aliphatic hydroxyl groups is 1. The van der Waals surface area contributed by atoms with Crippen molar-refractivity contribution in [2.75, 3.05) is 26.2 Å². The van der Waals surface area contributed by atoms with E-state index in [1.165, 1.54) is 19.9 Å². The largest absolute Gasteiger partial charge is 0.381 e. The molecular weight excluding hydrogens is 405 g/mol. The molecule has 0 unspecified atom stereocenters. The molecule has 0 aliphatic carbocycles. The molecule has 0 aromatic heterocycles. The van der Waals surface area contributed by atoms with Crippen LogP contribution in [0.3, 0.4) is 0 Å². The lowest BCUT2D eigenvalue weighted by Gasteiger charge is -2.39. The van der Waals surface area contributed by atoms with Crippen molar-refractivity contribution in [2.45, 2.75) is 53.6 Å². The Labute approximate surface area is 191 Å². The van der Waals surface area contributed by atoms with Gasteiger partial charge < -0.3 is 14.9 Å². The maximum atomic E-state index is 14.7. The van der Waals surface area contributed by atoms with Crippen molar-refractivity contribution in [3.05, 3.63) is 65.3 Å². The Morgan fingerprint density at radius 2 is 1.75 bits per heavy atom. The molecule has 6 heteroatoms. The van der Waals surface area contributed by atoms with E-state index in [9.17, 15) is 14.3 Å². The molecule has 1 aromatic carbocycles. The van der Waals surface area contributed by atoms with Gasteiger partial charge in [0.1, 0.15) is 11.4 Å². The molecule has 1 aliphatic rings. The first kappa shape index (κ1) is 25.5. The van der Waals surface area contributed by atoms with Gasteiger partial charge in [-0.2, -0.15) is 0 Å². The molecule has 0 bridgehead atoms. The Kier molecular flexibility index (Phi) is 8.96. The lowest BCUT2D eigenvalue weighted by Crippen LogP contribution is -2.53. The van der Waals surface area contributed by atoms with Gasteiger partial charge in [0.05, 0.1) is 0 Å². The number of hydrogen-bond acceptors (Lipinski definition) is 4. The topological polar surface area (TPSA) is 56.1 Å². The van der Waals surface area contributed by atoms with E-state index < -0.39 is 5.60 Å². The lowest BCUT2D eigenvalue weighted by molar-refractivity contribution is -0.149. The van der Waals surface area contributed by atoms with Crippen LogP contribution in [0.1, 0.15) is 53.5 Å². The standard InChI is InChI=1S/C26H36FN3O2/c1-7-9-14-28-19(3)24(21(8-2)22-12-10-11-13-23(22)27)20(4)29-15-17-30(18-16-29)25(31)26(5,6)32/h8-14,32H,7,15-18H2,1-6H3/b14-9+,21-8-,24-20-,28-19+. The van der Waals surface area contributed by atoms with Gasteiger partial charge in [-0.15, -0.1) is 0 Å². The van der Waals surface area contributed by atoms with Crippen LogP contribution in [0.2, 0.25) is 0 Å². The first-order valence-corrected chi connectivity index (χ1v) is 11.2. The Balaban J connectivity index is 2.45. The van der Waals surface area contributed by atoms with Crippen molar-refractivity contribution < 1.29 is 14.3 Å². The first-order valence-electron chi connectivity index (χ1n) is 11.2. The van der Waals surface area contributed by atoms with Crippen molar-refractivity contribution in [2.24, 2.45) is 4.99 Å². The first-order chi connectivity index (χ1) is 15.1. The van der Waals surface area contributed by atoms with Crippen molar-refractivity contribution in [1.82, 2.24) is 9.80 Å². The molecule has 174 valence electrons. The summed E-state index contributed by atoms with van der Waals surface area (Å²) in [5.74, 6) is -0.537. The molecule has 32 heavy (non-hydrogen) atoms. The van der Waals surface area contributed by atoms with Crippen LogP contribution in [-0.4, -0.2) is 58.3 Å². The van der Waals surface area contributed by atoms with Crippen LogP contribution in [0.4, 0.5) is 4.39 Å². The molecule has 1 heterocycles. The van der Waals surface area contributed by atoms with E-state index >= 15 is 0 Å². The Morgan fingerprint density at radius 1 is 1.16 bits per heavy atom. The lowest BCUT2D eigenvalue weighted by atomic mass is 9.92. The van der Waals surface area contributed by atoms with Crippen LogP contribution in [-0.2, 0) is 4.79 Å². The van der Waals surface area contributed by atoms with Crippen LogP contribution >= 0.6 is 0 Å². The second kappa shape index (κ2) is 11.2. The van der Waals surface area contributed by atoms with Gasteiger partial charge in [-0.3, -0.25) is 9.79 Å². The average Bonchev–Trinajstić information content (AvgIpc) is 2.76. The fraction of sp³-hybridized carbons (Fsp3) is 0.462. The molecule has 1 saturated heterocycles. The van der Waals surface area contributed by atoms with E-state index in [1.54, 1.807) is 23.2 Å². The number of amides is 1. The molecule has 0 spiro atoms. The fourth-order valence-electron chi connectivity index (χ4n) is 3.89. The van der Waals surface area contributed by atoms with Gasteiger partial charge in [-0.25, -0.2) is 4.39 Å². The van der Waals surface area contributed by atoms with Crippen LogP contribution in [0, 0.1) is 5.82 Å². The summed E-state index contributed by atoms with van der Waals surface area (Å²) in [4.78, 5) is 21.0. The highest BCUT2D eigenvalue weighted by Gasteiger charge is 2.32. The highest BCUT2D eigenvalue weighted by atomic mass is 19.1. The second-order valence-corrected chi connectivity index (χ2v) is 8.49. The number of allylic oxidation sites excluding steroid dienone is 5. The van der Waals surface area contributed by atoms with Crippen LogP contribution in [0.5, 0.6) is 0 Å². The highest BCUT2D eigenvalue weighted by molar-refractivity contribution is 6.12. The van der Waals surface area contributed by atoms with Gasteiger partial charge in [-0.05, 0) is 52.7 Å². The Bertz CT molecular complexity index is 931. The third-order valence-electron chi connectivity index (χ3n) is 5.62. The summed E-state index contributed by atoms with van der Waals surface area (Å²) >= 11 is 0. The summed E-state index contributed by atoms with van der Waals surface area (Å²) in [6.07, 6.45) is 6.58. The molecule has 5 nitrogen and oxygen atoms in total. The zero-order chi connectivity index (χ0) is 23.9. The van der Waals surface area contributed by atoms with E-state index in [2.05, 4.69) is 16.8 Å². The molecular formula is C26H36FN3O2. The summed E-state index contributed by atoms with van der Waals surface area (Å²) < 4.78 is 14.7. The van der Waals surface area contributed by atoms with Gasteiger partial charge in [0.2, 0.25) is 0 Å². The van der Waals surface area contributed by atoms with Crippen LogP contribution < -0.4 is 0 Å². The van der Waals surface area contributed by atoms with Crippen LogP contribution in [0.25, 0.3) is 5.57 Å². The van der Waals surface area contributed by atoms with Crippen LogP contribution in [0.15, 0.2) is 58.9 Å². The minimum Gasteiger partial charge on any atom is -0.381 e. The minimum atomic E-state index is -1.38. The van der Waals surface area contributed by atoms with Crippen molar-refractivity contribution in [3.63, 3.8) is 0 Å². The highest BCUT2D eigenvalue weighted by Crippen LogP contribution is 2.31. The van der Waals surface area contributed by atoms with Gasteiger partial charge in [-0.1, -0.05) is 37.3 Å². The average molecular weight is 442 g/mol. The third kappa shape index (κ3) is 6.16. The van der Waals surface area contributed by atoms with E-state index in [-0.39, 0.29) is 11.7 Å². The quantitative estimate of drug-likeness (QED) is 0.488. The zero-order valence-electron chi connectivity index (χ0n) is 20.2. The SMILES string of the molecule is C\C=C(C(/C(C)=N/C=C/CC)=C(/C)N1CCN(C(=O)C(C)(C)O)CC1)\c1ccccc1F. The molecule has 1 N–H and O–H groups in total. The van der Waals surface area contributed by atoms with Crippen molar-refractivity contribution in [1.29, 1.82) is 0 Å². The number of carbonyl (C=O) groups is 1. The number of piperazine rings is 1. The fourth-order valence-corrected chi connectivity index (χ4v) is 3.89. The molecule has 0 saturated carbocycles. The monoisotopic (exact) mass is 441 g/mol. The summed E-state index contributed by atoms with van der Waals surface area (Å²) in [5, 5.41) is 10.1. The van der Waals surface area contributed by atoms with E-state index in [0.717, 1.165) is 29.0 Å². The molecule has 1 fully saturated rings. The number of nitrogens with zero attached hydrogens (tertiary/aromatic N) is 3. The maximum Gasteiger partial charge on any atom is 0.254 e. The molecule has 1 aromatic rings. The number of aliphatic imine (C=N–C) groups is 1. The number of rotatable bonds is 7. The van der Waals surface area contributed by atoms with E-state index in [0.29, 0.717) is 31.7 Å². The molecule has 1 amide bonds. The molecule has 1 aliphatic heterocycles. The summed E-state index contributed by atoms with van der Waals surface area (Å²) in [6.45, 7) is 13.2. The number of hydrogen-bond donors (Lipinski definition) is 1. The van der Waals surface area contributed by atoms with Gasteiger partial charge in [0, 0.05) is 54.9 Å². The zero-order valence-corrected chi connectivity index (χ0v) is 20.2. The molecule has 0 radical (unpaired) electrons. The Morgan fingerprint density at radius 3 is 2.28 bits per heavy atom. The van der Waals surface area contributed by atoms with Crippen molar-refractivity contribution in [3.8, 4) is 0 Å². The second-order valence-electron chi connectivity index (χ2n) is 8.49. The summed E-state index contributed by atoms with van der Waals surface area (Å²) in [5.41, 5.74) is 2.63. The number of carbonyl (C=O) groups excluding carboxylic acids is 1. The van der Waals surface area contributed by atoms with E-state index in [1.807, 2.05) is 39.0 Å². The number of benzene rings is 1.